The molecule has 13 rings (SSSR count). The van der Waals surface area contributed by atoms with Crippen LogP contribution in [0.1, 0.15) is 149 Å². The van der Waals surface area contributed by atoms with Gasteiger partial charge in [0.25, 0.3) is 6.71 Å². The Hall–Kier alpha value is -5.81. The van der Waals surface area contributed by atoms with Gasteiger partial charge in [0.15, 0.2) is 0 Å². The molecule has 4 aliphatic carbocycles. The van der Waals surface area contributed by atoms with Gasteiger partial charge in [0.05, 0.1) is 5.59 Å². The van der Waals surface area contributed by atoms with Crippen molar-refractivity contribution in [3.8, 4) is 17.1 Å². The molecule has 0 atom stereocenters. The SMILES string of the molecule is CC(C)(C)c1ccc(-c2nc3c(n2-c2ccccc2)N(c2ccc(C(C)(C)C)cc2)c2cc(C45CC6CC(CC(C6)C4)C5)cc4c2B3c2cc(C(C)(C)C)ccc2N4c2ccc(C(C)(C)C)cc2)cc1. The predicted molar refractivity (Wildman–Crippen MR) is 298 cm³/mol. The number of nitrogens with zero attached hydrogens (tertiary/aromatic N) is 4. The maximum atomic E-state index is 6.05. The second-order valence-electron chi connectivity index (χ2n) is 26.5. The van der Waals surface area contributed by atoms with Crippen LogP contribution in [0.2, 0.25) is 0 Å². The molecule has 2 aliphatic heterocycles. The summed E-state index contributed by atoms with van der Waals surface area (Å²) in [5.74, 6) is 4.57. The van der Waals surface area contributed by atoms with Crippen LogP contribution in [0.4, 0.5) is 34.3 Å². The number of benzene rings is 6. The Morgan fingerprint density at radius 1 is 0.471 bits per heavy atom. The number of rotatable bonds is 5. The third-order valence-corrected chi connectivity index (χ3v) is 17.4. The smallest absolute Gasteiger partial charge is 0.277 e. The first-order valence-electron chi connectivity index (χ1n) is 26.6. The molecule has 6 aliphatic rings. The number of aromatic nitrogens is 2. The molecule has 7 aromatic rings. The second kappa shape index (κ2) is 15.6. The highest BCUT2D eigenvalue weighted by Gasteiger charge is 2.54. The number of fused-ring (bicyclic) bond motifs is 4. The van der Waals surface area contributed by atoms with Crippen molar-refractivity contribution < 1.29 is 0 Å². The van der Waals surface area contributed by atoms with Gasteiger partial charge in [-0.25, -0.2) is 4.98 Å². The number of hydrogen-bond acceptors (Lipinski definition) is 3. The highest BCUT2D eigenvalue weighted by molar-refractivity contribution is 7.00. The standard InChI is InChI=1S/C65H73BN4/c1-61(2,3)45-20-18-44(19-21-45)59-67-58-60(70(59)50-16-14-13-15-17-50)69(52-29-24-47(25-30-52)63(7,8)9)56-37-49(65-38-41-32-42(39-65)34-43(33-41)40-65)36-55-57(56)66(58)53-35-48(64(10,11)12)26-31-54(53)68(55)51-27-22-46(23-28-51)62(4,5)6/h13-31,35-37,41-43H,32-34,38-40H2,1-12H3. The van der Waals surface area contributed by atoms with Crippen LogP contribution in [-0.4, -0.2) is 16.3 Å². The minimum atomic E-state index is -0.115. The summed E-state index contributed by atoms with van der Waals surface area (Å²) in [6, 6.07) is 52.2. The fourth-order valence-corrected chi connectivity index (χ4v) is 13.9. The van der Waals surface area contributed by atoms with E-state index in [9.17, 15) is 0 Å². The van der Waals surface area contributed by atoms with Crippen molar-refractivity contribution >= 4 is 57.5 Å². The van der Waals surface area contributed by atoms with E-state index >= 15 is 0 Å². The third kappa shape index (κ3) is 7.33. The first-order valence-corrected chi connectivity index (χ1v) is 26.6. The zero-order valence-electron chi connectivity index (χ0n) is 44.0. The molecular weight excluding hydrogens is 848 g/mol. The Labute approximate surface area is 419 Å². The fraction of sp³-hybridized carbons (Fsp3) is 0.400. The first-order chi connectivity index (χ1) is 33.1. The van der Waals surface area contributed by atoms with E-state index in [0.29, 0.717) is 0 Å². The number of para-hydroxylation sites is 1. The predicted octanol–water partition coefficient (Wildman–Crippen LogP) is 15.3. The van der Waals surface area contributed by atoms with Gasteiger partial charge in [0, 0.05) is 39.7 Å². The van der Waals surface area contributed by atoms with Crippen LogP contribution in [0.25, 0.3) is 17.1 Å². The molecule has 70 heavy (non-hydrogen) atoms. The Morgan fingerprint density at radius 2 is 0.929 bits per heavy atom. The molecule has 0 unspecified atom stereocenters. The Bertz CT molecular complexity index is 3110. The molecule has 4 bridgehead atoms. The molecule has 1 aromatic heterocycles. The van der Waals surface area contributed by atoms with E-state index in [-0.39, 0.29) is 33.8 Å². The van der Waals surface area contributed by atoms with Gasteiger partial charge in [-0.2, -0.15) is 0 Å². The quantitative estimate of drug-likeness (QED) is 0.161. The number of imidazole rings is 1. The van der Waals surface area contributed by atoms with E-state index in [1.54, 1.807) is 0 Å². The zero-order chi connectivity index (χ0) is 48.9. The molecule has 6 aromatic carbocycles. The summed E-state index contributed by atoms with van der Waals surface area (Å²) in [5, 5.41) is 0. The molecule has 5 heteroatoms. The largest absolute Gasteiger partial charge is 0.311 e. The van der Waals surface area contributed by atoms with Crippen molar-refractivity contribution in [2.45, 2.75) is 149 Å². The molecule has 0 radical (unpaired) electrons. The van der Waals surface area contributed by atoms with Gasteiger partial charge in [0.1, 0.15) is 11.6 Å². The van der Waals surface area contributed by atoms with E-state index in [1.165, 1.54) is 106 Å². The van der Waals surface area contributed by atoms with Gasteiger partial charge in [-0.3, -0.25) is 9.47 Å². The Morgan fingerprint density at radius 3 is 1.43 bits per heavy atom. The minimum absolute atomic E-state index is 0.0178. The molecule has 4 fully saturated rings. The lowest BCUT2D eigenvalue weighted by atomic mass is 9.35. The van der Waals surface area contributed by atoms with Crippen LogP contribution in [0.5, 0.6) is 0 Å². The molecule has 0 amide bonds. The van der Waals surface area contributed by atoms with Crippen molar-refractivity contribution in [1.82, 2.24) is 9.55 Å². The van der Waals surface area contributed by atoms with Crippen LogP contribution in [-0.2, 0) is 27.1 Å². The number of hydrogen-bond donors (Lipinski definition) is 0. The van der Waals surface area contributed by atoms with Gasteiger partial charge in [0.2, 0.25) is 0 Å². The van der Waals surface area contributed by atoms with E-state index in [0.717, 1.165) is 46.2 Å². The topological polar surface area (TPSA) is 24.3 Å². The normalized spacial score (nSPS) is 21.5. The third-order valence-electron chi connectivity index (χ3n) is 17.4. The lowest BCUT2D eigenvalue weighted by Gasteiger charge is -2.57. The molecule has 0 spiro atoms. The van der Waals surface area contributed by atoms with Crippen molar-refractivity contribution in [1.29, 1.82) is 0 Å². The zero-order valence-corrected chi connectivity index (χ0v) is 44.0. The monoisotopic (exact) mass is 921 g/mol. The van der Waals surface area contributed by atoms with Gasteiger partial charge in [-0.15, -0.1) is 0 Å². The Balaban J connectivity index is 1.21. The maximum Gasteiger partial charge on any atom is 0.277 e. The molecular formula is C65H73BN4. The number of anilines is 6. The molecule has 4 saturated carbocycles. The van der Waals surface area contributed by atoms with Crippen LogP contribution < -0.4 is 26.3 Å². The Kier molecular flexibility index (Phi) is 10.1. The van der Waals surface area contributed by atoms with E-state index in [4.69, 9.17) is 4.98 Å². The van der Waals surface area contributed by atoms with Crippen LogP contribution in [0.15, 0.2) is 133 Å². The minimum Gasteiger partial charge on any atom is -0.311 e. The lowest BCUT2D eigenvalue weighted by molar-refractivity contribution is -0.00514. The van der Waals surface area contributed by atoms with Crippen LogP contribution in [0, 0.1) is 17.8 Å². The first kappa shape index (κ1) is 45.3. The average molecular weight is 921 g/mol. The fourth-order valence-electron chi connectivity index (χ4n) is 13.9. The lowest BCUT2D eigenvalue weighted by Crippen LogP contribution is -2.62. The molecule has 356 valence electrons. The summed E-state index contributed by atoms with van der Waals surface area (Å²) >= 11 is 0. The summed E-state index contributed by atoms with van der Waals surface area (Å²) in [4.78, 5) is 11.4. The summed E-state index contributed by atoms with van der Waals surface area (Å²) in [7, 11) is 0. The summed E-state index contributed by atoms with van der Waals surface area (Å²) in [5.41, 5.74) is 19.3. The van der Waals surface area contributed by atoms with Gasteiger partial charge < -0.3 is 4.90 Å². The van der Waals surface area contributed by atoms with Gasteiger partial charge in [-0.1, -0.05) is 162 Å². The van der Waals surface area contributed by atoms with Crippen molar-refractivity contribution in [3.63, 3.8) is 0 Å². The highest BCUT2D eigenvalue weighted by Crippen LogP contribution is 2.62. The molecule has 0 N–H and O–H groups in total. The summed E-state index contributed by atoms with van der Waals surface area (Å²) in [6.07, 6.45) is 8.15. The van der Waals surface area contributed by atoms with Crippen LogP contribution >= 0.6 is 0 Å². The summed E-state index contributed by atoms with van der Waals surface area (Å²) in [6.45, 7) is 27.8. The molecule has 4 nitrogen and oxygen atoms in total. The average Bonchev–Trinajstić information content (AvgIpc) is 3.70. The molecule has 0 saturated heterocycles. The van der Waals surface area contributed by atoms with Crippen molar-refractivity contribution in [3.05, 3.63) is 161 Å². The second-order valence-corrected chi connectivity index (χ2v) is 26.5. The van der Waals surface area contributed by atoms with Crippen molar-refractivity contribution in [2.75, 3.05) is 9.80 Å². The van der Waals surface area contributed by atoms with Gasteiger partial charge >= 0.3 is 0 Å². The highest BCUT2D eigenvalue weighted by atomic mass is 15.3. The van der Waals surface area contributed by atoms with E-state index < -0.39 is 0 Å². The van der Waals surface area contributed by atoms with Crippen LogP contribution in [0.3, 0.4) is 0 Å². The molecule has 3 heterocycles. The van der Waals surface area contributed by atoms with Gasteiger partial charge in [-0.05, 0) is 177 Å². The van der Waals surface area contributed by atoms with Crippen molar-refractivity contribution in [2.24, 2.45) is 17.8 Å². The van der Waals surface area contributed by atoms with E-state index in [2.05, 4.69) is 231 Å². The van der Waals surface area contributed by atoms with E-state index in [1.807, 2.05) is 0 Å². The summed E-state index contributed by atoms with van der Waals surface area (Å²) < 4.78 is 2.50. The maximum absolute atomic E-state index is 6.05.